The Bertz CT molecular complexity index is 785. The molecule has 2 amide bonds. The SMILES string of the molecule is O=C(NCCc1c[nH]c2ccccc12)C1(C(=O)NC2CCCC2)CC1. The van der Waals surface area contributed by atoms with E-state index in [4.69, 9.17) is 0 Å². The Hall–Kier alpha value is -2.30. The van der Waals surface area contributed by atoms with E-state index in [1.807, 2.05) is 24.4 Å². The molecule has 5 nitrogen and oxygen atoms in total. The molecule has 1 aromatic heterocycles. The molecule has 0 saturated heterocycles. The van der Waals surface area contributed by atoms with Crippen LogP contribution in [0.2, 0.25) is 0 Å². The van der Waals surface area contributed by atoms with Crippen LogP contribution in [-0.4, -0.2) is 29.4 Å². The third-order valence-corrected chi connectivity index (χ3v) is 5.66. The predicted octanol–water partition coefficient (Wildman–Crippen LogP) is 2.67. The maximum absolute atomic E-state index is 12.6. The third kappa shape index (κ3) is 3.15. The van der Waals surface area contributed by atoms with Crippen LogP contribution >= 0.6 is 0 Å². The molecule has 1 aromatic carbocycles. The Balaban J connectivity index is 1.31. The summed E-state index contributed by atoms with van der Waals surface area (Å²) in [7, 11) is 0. The highest BCUT2D eigenvalue weighted by Gasteiger charge is 2.56. The van der Waals surface area contributed by atoms with E-state index in [1.165, 1.54) is 23.8 Å². The van der Waals surface area contributed by atoms with Crippen molar-refractivity contribution in [3.05, 3.63) is 36.0 Å². The first-order valence-electron chi connectivity index (χ1n) is 9.33. The number of hydrogen-bond acceptors (Lipinski definition) is 2. The Morgan fingerprint density at radius 1 is 1.12 bits per heavy atom. The average molecular weight is 339 g/mol. The van der Waals surface area contributed by atoms with Crippen molar-refractivity contribution in [2.24, 2.45) is 5.41 Å². The molecule has 2 fully saturated rings. The van der Waals surface area contributed by atoms with Gasteiger partial charge < -0.3 is 15.6 Å². The molecular formula is C20H25N3O2. The van der Waals surface area contributed by atoms with Gasteiger partial charge in [0.25, 0.3) is 0 Å². The Kier molecular flexibility index (Phi) is 4.24. The molecule has 5 heteroatoms. The minimum absolute atomic E-state index is 0.0657. The van der Waals surface area contributed by atoms with Crippen molar-refractivity contribution in [1.29, 1.82) is 0 Å². The van der Waals surface area contributed by atoms with Gasteiger partial charge in [-0.1, -0.05) is 31.0 Å². The summed E-state index contributed by atoms with van der Waals surface area (Å²) < 4.78 is 0. The number of carbonyl (C=O) groups excluding carboxylic acids is 2. The van der Waals surface area contributed by atoms with Crippen LogP contribution in [0.15, 0.2) is 30.5 Å². The van der Waals surface area contributed by atoms with Crippen LogP contribution in [0.3, 0.4) is 0 Å². The van der Waals surface area contributed by atoms with Crippen molar-refractivity contribution in [3.63, 3.8) is 0 Å². The van der Waals surface area contributed by atoms with E-state index in [9.17, 15) is 9.59 Å². The van der Waals surface area contributed by atoms with E-state index in [2.05, 4.69) is 21.7 Å². The van der Waals surface area contributed by atoms with Gasteiger partial charge in [-0.2, -0.15) is 0 Å². The average Bonchev–Trinajstić information content (AvgIpc) is 3.10. The molecule has 132 valence electrons. The molecule has 2 saturated carbocycles. The quantitative estimate of drug-likeness (QED) is 0.708. The van der Waals surface area contributed by atoms with E-state index >= 15 is 0 Å². The Morgan fingerprint density at radius 2 is 1.88 bits per heavy atom. The zero-order valence-electron chi connectivity index (χ0n) is 14.4. The van der Waals surface area contributed by atoms with Crippen LogP contribution in [-0.2, 0) is 16.0 Å². The number of aromatic amines is 1. The van der Waals surface area contributed by atoms with Gasteiger partial charge in [0.2, 0.25) is 11.8 Å². The van der Waals surface area contributed by atoms with E-state index in [-0.39, 0.29) is 17.9 Å². The van der Waals surface area contributed by atoms with Gasteiger partial charge >= 0.3 is 0 Å². The molecule has 25 heavy (non-hydrogen) atoms. The van der Waals surface area contributed by atoms with Gasteiger partial charge in [0.05, 0.1) is 0 Å². The molecule has 4 rings (SSSR count). The Morgan fingerprint density at radius 3 is 2.64 bits per heavy atom. The molecule has 2 aromatic rings. The van der Waals surface area contributed by atoms with Crippen LogP contribution in [0.5, 0.6) is 0 Å². The zero-order chi connectivity index (χ0) is 17.3. The largest absolute Gasteiger partial charge is 0.361 e. The van der Waals surface area contributed by atoms with Gasteiger partial charge in [-0.25, -0.2) is 0 Å². The molecule has 0 spiro atoms. The fourth-order valence-corrected chi connectivity index (χ4v) is 3.89. The first kappa shape index (κ1) is 16.2. The lowest BCUT2D eigenvalue weighted by Crippen LogP contribution is -2.46. The van der Waals surface area contributed by atoms with E-state index in [1.54, 1.807) is 0 Å². The fraction of sp³-hybridized carbons (Fsp3) is 0.500. The van der Waals surface area contributed by atoms with Crippen molar-refractivity contribution in [2.75, 3.05) is 6.54 Å². The number of H-pyrrole nitrogens is 1. The summed E-state index contributed by atoms with van der Waals surface area (Å²) in [6.45, 7) is 0.555. The second-order valence-corrected chi connectivity index (χ2v) is 7.40. The number of para-hydroxylation sites is 1. The molecule has 0 atom stereocenters. The van der Waals surface area contributed by atoms with Crippen LogP contribution in [0, 0.1) is 5.41 Å². The first-order chi connectivity index (χ1) is 12.2. The van der Waals surface area contributed by atoms with Gasteiger partial charge in [0, 0.05) is 29.7 Å². The van der Waals surface area contributed by atoms with Gasteiger partial charge in [0.1, 0.15) is 5.41 Å². The summed E-state index contributed by atoms with van der Waals surface area (Å²) in [6, 6.07) is 8.42. The van der Waals surface area contributed by atoms with Crippen LogP contribution in [0.1, 0.15) is 44.1 Å². The van der Waals surface area contributed by atoms with Crippen molar-refractivity contribution >= 4 is 22.7 Å². The van der Waals surface area contributed by atoms with Gasteiger partial charge in [-0.15, -0.1) is 0 Å². The van der Waals surface area contributed by atoms with Crippen LogP contribution in [0.4, 0.5) is 0 Å². The van der Waals surface area contributed by atoms with Gasteiger partial charge in [0.15, 0.2) is 0 Å². The van der Waals surface area contributed by atoms with E-state index < -0.39 is 5.41 Å². The van der Waals surface area contributed by atoms with Crippen molar-refractivity contribution in [2.45, 2.75) is 51.0 Å². The van der Waals surface area contributed by atoms with Crippen LogP contribution < -0.4 is 10.6 Å². The predicted molar refractivity (Wildman–Crippen MR) is 97.1 cm³/mol. The summed E-state index contributed by atoms with van der Waals surface area (Å²) in [5.41, 5.74) is 1.50. The molecule has 0 radical (unpaired) electrons. The number of fused-ring (bicyclic) bond motifs is 1. The normalized spacial score (nSPS) is 19.0. The highest BCUT2D eigenvalue weighted by molar-refractivity contribution is 6.08. The summed E-state index contributed by atoms with van der Waals surface area (Å²) in [6.07, 6.45) is 8.54. The molecule has 3 N–H and O–H groups in total. The lowest BCUT2D eigenvalue weighted by molar-refractivity contribution is -0.137. The molecule has 1 heterocycles. The molecule has 2 aliphatic rings. The maximum Gasteiger partial charge on any atom is 0.235 e. The third-order valence-electron chi connectivity index (χ3n) is 5.66. The standard InChI is InChI=1S/C20H25N3O2/c24-18(20(10-11-20)19(25)23-15-5-1-2-6-15)21-12-9-14-13-22-17-8-4-3-7-16(14)17/h3-4,7-8,13,15,22H,1-2,5-6,9-12H2,(H,21,24)(H,23,25). The summed E-state index contributed by atoms with van der Waals surface area (Å²) in [4.78, 5) is 28.3. The highest BCUT2D eigenvalue weighted by Crippen LogP contribution is 2.46. The number of hydrogen-bond donors (Lipinski definition) is 3. The van der Waals surface area contributed by atoms with E-state index in [0.29, 0.717) is 19.4 Å². The topological polar surface area (TPSA) is 74.0 Å². The number of rotatable bonds is 6. The van der Waals surface area contributed by atoms with Gasteiger partial charge in [-0.05, 0) is 43.7 Å². The molecule has 0 aliphatic heterocycles. The summed E-state index contributed by atoms with van der Waals surface area (Å²) in [5.74, 6) is -0.174. The first-order valence-corrected chi connectivity index (χ1v) is 9.33. The van der Waals surface area contributed by atoms with E-state index in [0.717, 1.165) is 24.8 Å². The molecule has 2 aliphatic carbocycles. The fourth-order valence-electron chi connectivity index (χ4n) is 3.89. The number of benzene rings is 1. The zero-order valence-corrected chi connectivity index (χ0v) is 14.4. The highest BCUT2D eigenvalue weighted by atomic mass is 16.2. The number of carbonyl (C=O) groups is 2. The lowest BCUT2D eigenvalue weighted by Gasteiger charge is -2.18. The summed E-state index contributed by atoms with van der Waals surface area (Å²) in [5, 5.41) is 7.26. The minimum Gasteiger partial charge on any atom is -0.361 e. The lowest BCUT2D eigenvalue weighted by atomic mass is 10.0. The molecule has 0 unspecified atom stereocenters. The number of amides is 2. The van der Waals surface area contributed by atoms with Gasteiger partial charge in [-0.3, -0.25) is 9.59 Å². The molecule has 0 bridgehead atoms. The van der Waals surface area contributed by atoms with Crippen molar-refractivity contribution in [1.82, 2.24) is 15.6 Å². The smallest absolute Gasteiger partial charge is 0.235 e. The Labute approximate surface area is 147 Å². The van der Waals surface area contributed by atoms with Crippen molar-refractivity contribution in [3.8, 4) is 0 Å². The van der Waals surface area contributed by atoms with Crippen molar-refractivity contribution < 1.29 is 9.59 Å². The summed E-state index contributed by atoms with van der Waals surface area (Å²) >= 11 is 0. The second-order valence-electron chi connectivity index (χ2n) is 7.40. The maximum atomic E-state index is 12.6. The second kappa shape index (κ2) is 6.54. The van der Waals surface area contributed by atoms with Crippen LogP contribution in [0.25, 0.3) is 10.9 Å². The minimum atomic E-state index is -0.803. The number of aromatic nitrogens is 1. The monoisotopic (exact) mass is 339 g/mol. The number of nitrogens with one attached hydrogen (secondary N) is 3. The molecular weight excluding hydrogens is 314 g/mol.